The van der Waals surface area contributed by atoms with Gasteiger partial charge in [-0.05, 0) is 19.4 Å². The minimum Gasteiger partial charge on any atom is -0.377 e. The number of rotatable bonds is 7. The van der Waals surface area contributed by atoms with Crippen molar-refractivity contribution >= 4 is 16.7 Å². The summed E-state index contributed by atoms with van der Waals surface area (Å²) >= 11 is 1.52. The molecule has 0 amide bonds. The number of anilines is 1. The molecule has 1 N–H and O–H groups in total. The summed E-state index contributed by atoms with van der Waals surface area (Å²) in [6.07, 6.45) is 3.23. The fraction of sp³-hybridized carbons (Fsp3) is 0.846. The van der Waals surface area contributed by atoms with Crippen LogP contribution in [0.5, 0.6) is 0 Å². The van der Waals surface area contributed by atoms with E-state index in [1.165, 1.54) is 11.5 Å². The van der Waals surface area contributed by atoms with E-state index in [1.807, 2.05) is 0 Å². The summed E-state index contributed by atoms with van der Waals surface area (Å²) in [7, 11) is 0. The van der Waals surface area contributed by atoms with E-state index in [1.54, 1.807) is 0 Å². The Morgan fingerprint density at radius 1 is 1.42 bits per heavy atom. The molecular weight excluding hydrogens is 260 g/mol. The van der Waals surface area contributed by atoms with E-state index >= 15 is 0 Å². The van der Waals surface area contributed by atoms with Crippen LogP contribution in [0.25, 0.3) is 0 Å². The van der Waals surface area contributed by atoms with Crippen molar-refractivity contribution in [3.63, 3.8) is 0 Å². The number of aromatic nitrogens is 2. The first-order valence-corrected chi connectivity index (χ1v) is 8.00. The fourth-order valence-corrected chi connectivity index (χ4v) is 3.02. The molecule has 0 spiro atoms. The molecule has 0 saturated carbocycles. The van der Waals surface area contributed by atoms with Crippen molar-refractivity contribution < 1.29 is 4.74 Å². The number of ether oxygens (including phenoxy) is 1. The molecule has 1 atom stereocenters. The molecule has 0 aliphatic carbocycles. The van der Waals surface area contributed by atoms with Crippen LogP contribution in [-0.4, -0.2) is 48.2 Å². The molecule has 2 heterocycles. The molecule has 2 rings (SSSR count). The molecule has 5 nitrogen and oxygen atoms in total. The lowest BCUT2D eigenvalue weighted by Crippen LogP contribution is -2.50. The van der Waals surface area contributed by atoms with Crippen molar-refractivity contribution in [3.05, 3.63) is 5.82 Å². The largest absolute Gasteiger partial charge is 0.377 e. The highest BCUT2D eigenvalue weighted by atomic mass is 32.1. The Balaban J connectivity index is 1.96. The van der Waals surface area contributed by atoms with Gasteiger partial charge < -0.3 is 15.0 Å². The second-order valence-electron chi connectivity index (χ2n) is 4.87. The maximum atomic E-state index is 5.59. The van der Waals surface area contributed by atoms with E-state index in [9.17, 15) is 0 Å². The zero-order valence-electron chi connectivity index (χ0n) is 11.9. The molecule has 6 heteroatoms. The Morgan fingerprint density at radius 3 is 3.11 bits per heavy atom. The third kappa shape index (κ3) is 4.12. The smallest absolute Gasteiger partial charge is 0.205 e. The number of nitrogens with zero attached hydrogens (tertiary/aromatic N) is 3. The Morgan fingerprint density at radius 2 is 2.32 bits per heavy atom. The van der Waals surface area contributed by atoms with Crippen LogP contribution in [0.3, 0.4) is 0 Å². The molecule has 1 aromatic rings. The summed E-state index contributed by atoms with van der Waals surface area (Å²) in [6.45, 7) is 8.83. The van der Waals surface area contributed by atoms with Crippen LogP contribution >= 0.6 is 11.5 Å². The van der Waals surface area contributed by atoms with Crippen LogP contribution in [0.4, 0.5) is 5.13 Å². The van der Waals surface area contributed by atoms with E-state index in [2.05, 4.69) is 33.4 Å². The molecule has 0 radical (unpaired) electrons. The van der Waals surface area contributed by atoms with Crippen LogP contribution in [-0.2, 0) is 11.2 Å². The summed E-state index contributed by atoms with van der Waals surface area (Å²) < 4.78 is 10.0. The van der Waals surface area contributed by atoms with Crippen LogP contribution in [0.2, 0.25) is 0 Å². The quantitative estimate of drug-likeness (QED) is 0.772. The number of hydrogen-bond donors (Lipinski definition) is 1. The average molecular weight is 284 g/mol. The second-order valence-corrected chi connectivity index (χ2v) is 5.60. The molecule has 1 unspecified atom stereocenters. The van der Waals surface area contributed by atoms with Gasteiger partial charge in [0.05, 0.1) is 19.3 Å². The Hall–Kier alpha value is -0.720. The van der Waals surface area contributed by atoms with E-state index in [-0.39, 0.29) is 0 Å². The Labute approximate surface area is 119 Å². The number of nitrogens with one attached hydrogen (secondary N) is 1. The summed E-state index contributed by atoms with van der Waals surface area (Å²) in [4.78, 5) is 7.00. The van der Waals surface area contributed by atoms with Gasteiger partial charge >= 0.3 is 0 Å². The van der Waals surface area contributed by atoms with E-state index in [0.29, 0.717) is 6.04 Å². The SMILES string of the molecule is CCCNCC1COCCN1c1nc(CCC)ns1. The van der Waals surface area contributed by atoms with Crippen LogP contribution in [0.15, 0.2) is 0 Å². The van der Waals surface area contributed by atoms with Crippen molar-refractivity contribution in [2.24, 2.45) is 0 Å². The zero-order chi connectivity index (χ0) is 13.5. The van der Waals surface area contributed by atoms with Crippen molar-refractivity contribution in [1.29, 1.82) is 0 Å². The van der Waals surface area contributed by atoms with Crippen molar-refractivity contribution in [3.8, 4) is 0 Å². The first kappa shape index (κ1) is 14.7. The van der Waals surface area contributed by atoms with Gasteiger partial charge in [-0.15, -0.1) is 0 Å². The molecule has 1 fully saturated rings. The van der Waals surface area contributed by atoms with Crippen LogP contribution < -0.4 is 10.2 Å². The van der Waals surface area contributed by atoms with Gasteiger partial charge in [0.15, 0.2) is 0 Å². The van der Waals surface area contributed by atoms with Gasteiger partial charge in [0.2, 0.25) is 5.13 Å². The summed E-state index contributed by atoms with van der Waals surface area (Å²) in [5.41, 5.74) is 0. The van der Waals surface area contributed by atoms with Crippen molar-refractivity contribution in [2.75, 3.05) is 37.7 Å². The van der Waals surface area contributed by atoms with Gasteiger partial charge in [-0.25, -0.2) is 4.98 Å². The van der Waals surface area contributed by atoms with Crippen LogP contribution in [0, 0.1) is 0 Å². The maximum Gasteiger partial charge on any atom is 0.205 e. The number of hydrogen-bond acceptors (Lipinski definition) is 6. The molecule has 1 aliphatic heterocycles. The standard InChI is InChI=1S/C13H24N4OS/c1-3-5-12-15-13(19-16-12)17-7-8-18-10-11(17)9-14-6-4-2/h11,14H,3-10H2,1-2H3. The van der Waals surface area contributed by atoms with Crippen molar-refractivity contribution in [1.82, 2.24) is 14.7 Å². The lowest BCUT2D eigenvalue weighted by Gasteiger charge is -2.35. The highest BCUT2D eigenvalue weighted by Crippen LogP contribution is 2.22. The third-order valence-corrected chi connectivity index (χ3v) is 4.00. The number of aryl methyl sites for hydroxylation is 1. The molecule has 1 saturated heterocycles. The van der Waals surface area contributed by atoms with Gasteiger partial charge in [-0.3, -0.25) is 0 Å². The molecule has 1 aromatic heterocycles. The zero-order valence-corrected chi connectivity index (χ0v) is 12.7. The van der Waals surface area contributed by atoms with Crippen LogP contribution in [0.1, 0.15) is 32.5 Å². The van der Waals surface area contributed by atoms with E-state index in [0.717, 1.165) is 63.1 Å². The monoisotopic (exact) mass is 284 g/mol. The molecule has 0 aromatic carbocycles. The summed E-state index contributed by atoms with van der Waals surface area (Å²) in [6, 6.07) is 0.378. The Kier molecular flexibility index (Phi) is 6.00. The molecular formula is C13H24N4OS. The lowest BCUT2D eigenvalue weighted by atomic mass is 10.2. The molecule has 1 aliphatic rings. The first-order chi connectivity index (χ1) is 9.35. The fourth-order valence-electron chi connectivity index (χ4n) is 2.21. The lowest BCUT2D eigenvalue weighted by molar-refractivity contribution is 0.0938. The van der Waals surface area contributed by atoms with Gasteiger partial charge in [-0.2, -0.15) is 4.37 Å². The normalized spacial score (nSPS) is 19.9. The minimum atomic E-state index is 0.378. The highest BCUT2D eigenvalue weighted by Gasteiger charge is 2.25. The molecule has 0 bridgehead atoms. The minimum absolute atomic E-state index is 0.378. The average Bonchev–Trinajstić information content (AvgIpc) is 2.89. The number of morpholine rings is 1. The third-order valence-electron chi connectivity index (χ3n) is 3.21. The first-order valence-electron chi connectivity index (χ1n) is 7.22. The van der Waals surface area contributed by atoms with Gasteiger partial charge in [0, 0.05) is 31.0 Å². The van der Waals surface area contributed by atoms with Gasteiger partial charge in [-0.1, -0.05) is 13.8 Å². The second kappa shape index (κ2) is 7.77. The molecule has 108 valence electrons. The summed E-state index contributed by atoms with van der Waals surface area (Å²) in [5.74, 6) is 0.981. The van der Waals surface area contributed by atoms with Gasteiger partial charge in [0.25, 0.3) is 0 Å². The predicted octanol–water partition coefficient (Wildman–Crippen LogP) is 1.70. The van der Waals surface area contributed by atoms with Crippen molar-refractivity contribution in [2.45, 2.75) is 39.2 Å². The highest BCUT2D eigenvalue weighted by molar-refractivity contribution is 7.09. The summed E-state index contributed by atoms with van der Waals surface area (Å²) in [5, 5.41) is 4.52. The maximum absolute atomic E-state index is 5.59. The van der Waals surface area contributed by atoms with Gasteiger partial charge in [0.1, 0.15) is 5.82 Å². The predicted molar refractivity (Wildman–Crippen MR) is 79.0 cm³/mol. The Bertz CT molecular complexity index is 371. The topological polar surface area (TPSA) is 50.3 Å². The van der Waals surface area contributed by atoms with E-state index < -0.39 is 0 Å². The molecule has 19 heavy (non-hydrogen) atoms. The van der Waals surface area contributed by atoms with E-state index in [4.69, 9.17) is 4.74 Å².